The second-order valence-corrected chi connectivity index (χ2v) is 7.51. The van der Waals surface area contributed by atoms with Gasteiger partial charge in [-0.1, -0.05) is 11.6 Å². The monoisotopic (exact) mass is 458 g/mol. The first-order valence-corrected chi connectivity index (χ1v) is 10.1. The number of ether oxygens (including phenoxy) is 1. The molecular weight excluding hydrogens is 439 g/mol. The van der Waals surface area contributed by atoms with E-state index < -0.39 is 17.5 Å². The van der Waals surface area contributed by atoms with Crippen molar-refractivity contribution in [3.8, 4) is 34.1 Å². The van der Waals surface area contributed by atoms with Gasteiger partial charge in [0.1, 0.15) is 29.7 Å². The van der Waals surface area contributed by atoms with E-state index in [2.05, 4.69) is 15.0 Å². The van der Waals surface area contributed by atoms with Crippen molar-refractivity contribution in [2.75, 3.05) is 13.2 Å². The fourth-order valence-electron chi connectivity index (χ4n) is 3.40. The first-order chi connectivity index (χ1) is 15.4. The highest BCUT2D eigenvalue weighted by Gasteiger charge is 2.22. The van der Waals surface area contributed by atoms with Gasteiger partial charge >= 0.3 is 5.69 Å². The van der Waals surface area contributed by atoms with E-state index in [1.54, 1.807) is 37.3 Å². The molecule has 4 aromatic rings. The summed E-state index contributed by atoms with van der Waals surface area (Å²) in [4.78, 5) is 22.5. The van der Waals surface area contributed by atoms with Crippen molar-refractivity contribution in [1.82, 2.24) is 19.5 Å². The van der Waals surface area contributed by atoms with Crippen LogP contribution in [0, 0.1) is 5.82 Å². The van der Waals surface area contributed by atoms with Crippen molar-refractivity contribution in [2.45, 2.75) is 13.0 Å². The maximum Gasteiger partial charge on any atom is 0.329 e. The van der Waals surface area contributed by atoms with Crippen LogP contribution < -0.4 is 10.4 Å². The number of aliphatic hydroxyl groups is 1. The minimum absolute atomic E-state index is 0.101. The second kappa shape index (κ2) is 8.89. The molecule has 1 atom stereocenters. The van der Waals surface area contributed by atoms with Crippen LogP contribution in [0.2, 0.25) is 5.02 Å². The lowest BCUT2D eigenvalue weighted by atomic mass is 10.1. The summed E-state index contributed by atoms with van der Waals surface area (Å²) < 4.78 is 20.7. The normalized spacial score (nSPS) is 12.1. The van der Waals surface area contributed by atoms with Gasteiger partial charge in [-0.05, 0) is 49.4 Å². The number of rotatable bonds is 7. The number of halogens is 2. The van der Waals surface area contributed by atoms with Crippen molar-refractivity contribution >= 4 is 11.6 Å². The third-order valence-corrected chi connectivity index (χ3v) is 5.24. The highest BCUT2D eigenvalue weighted by atomic mass is 35.5. The maximum absolute atomic E-state index is 14.2. The Morgan fingerprint density at radius 3 is 2.66 bits per heavy atom. The van der Waals surface area contributed by atoms with Gasteiger partial charge in [0.2, 0.25) is 5.88 Å². The Labute approximate surface area is 186 Å². The van der Waals surface area contributed by atoms with Crippen LogP contribution in [0.3, 0.4) is 0 Å². The van der Waals surface area contributed by atoms with Crippen molar-refractivity contribution in [1.29, 1.82) is 0 Å². The lowest BCUT2D eigenvalue weighted by Crippen LogP contribution is -2.21. The molecule has 0 bridgehead atoms. The summed E-state index contributed by atoms with van der Waals surface area (Å²) in [7, 11) is 0. The smallest absolute Gasteiger partial charge is 0.329 e. The molecule has 8 nitrogen and oxygen atoms in total. The third-order valence-electron chi connectivity index (χ3n) is 5.01. The molecule has 0 aliphatic heterocycles. The molecule has 2 aromatic carbocycles. The topological polar surface area (TPSA) is 116 Å². The van der Waals surface area contributed by atoms with Crippen LogP contribution in [0.15, 0.2) is 53.5 Å². The molecule has 0 unspecified atom stereocenters. The van der Waals surface area contributed by atoms with Crippen LogP contribution in [-0.4, -0.2) is 42.9 Å². The first kappa shape index (κ1) is 21.7. The van der Waals surface area contributed by atoms with Crippen LogP contribution in [0.5, 0.6) is 11.6 Å². The van der Waals surface area contributed by atoms with E-state index in [4.69, 9.17) is 21.4 Å². The van der Waals surface area contributed by atoms with Gasteiger partial charge in [0.25, 0.3) is 0 Å². The summed E-state index contributed by atoms with van der Waals surface area (Å²) in [6.07, 6.45) is 1.46. The molecule has 0 fully saturated rings. The van der Waals surface area contributed by atoms with Gasteiger partial charge < -0.3 is 24.9 Å². The molecule has 0 aliphatic carbocycles. The average molecular weight is 459 g/mol. The van der Waals surface area contributed by atoms with Crippen molar-refractivity contribution in [3.05, 3.63) is 75.8 Å². The van der Waals surface area contributed by atoms with E-state index in [9.17, 15) is 14.3 Å². The molecule has 0 radical (unpaired) electrons. The van der Waals surface area contributed by atoms with E-state index in [0.717, 1.165) is 4.57 Å². The first-order valence-electron chi connectivity index (χ1n) is 9.77. The van der Waals surface area contributed by atoms with Crippen LogP contribution in [0.25, 0.3) is 22.5 Å². The molecule has 0 saturated carbocycles. The number of aromatic hydroxyl groups is 1. The number of imidazole rings is 2. The molecule has 2 aromatic heterocycles. The SMILES string of the molecule is C[C@H](c1ncc(-c2ccc(Cl)cc2F)[nH]1)n1c(O)c(-c2ccc(OCCO)cc2)[nH]c1=O. The Balaban J connectivity index is 1.63. The molecule has 10 heteroatoms. The Hall–Kier alpha value is -3.56. The molecule has 2 heterocycles. The minimum atomic E-state index is -0.663. The van der Waals surface area contributed by atoms with E-state index in [-0.39, 0.29) is 35.4 Å². The zero-order chi connectivity index (χ0) is 22.8. The zero-order valence-corrected chi connectivity index (χ0v) is 17.7. The van der Waals surface area contributed by atoms with Gasteiger partial charge in [0.05, 0.1) is 24.5 Å². The highest BCUT2D eigenvalue weighted by Crippen LogP contribution is 2.31. The summed E-state index contributed by atoms with van der Waals surface area (Å²) in [6.45, 7) is 1.75. The summed E-state index contributed by atoms with van der Waals surface area (Å²) in [5, 5.41) is 19.9. The predicted octanol–water partition coefficient (Wildman–Crippen LogP) is 3.71. The van der Waals surface area contributed by atoms with Crippen LogP contribution in [0.4, 0.5) is 4.39 Å². The van der Waals surface area contributed by atoms with Gasteiger partial charge in [0, 0.05) is 16.1 Å². The molecule has 0 aliphatic rings. The Morgan fingerprint density at radius 1 is 1.22 bits per heavy atom. The number of aliphatic hydroxyl groups excluding tert-OH is 1. The fraction of sp³-hybridized carbons (Fsp3) is 0.182. The van der Waals surface area contributed by atoms with E-state index in [1.165, 1.54) is 18.3 Å². The standard InChI is InChI=1S/C22H20ClFN4O4/c1-12(20-25-11-18(26-20)16-7-4-14(23)10-17(16)24)28-21(30)19(27-22(28)31)13-2-5-15(6-3-13)32-9-8-29/h2-7,10-12,29-30H,8-9H2,1H3,(H,25,26)(H,27,31)/t12-/m1/s1. The third kappa shape index (κ3) is 4.12. The lowest BCUT2D eigenvalue weighted by Gasteiger charge is -2.11. The summed E-state index contributed by atoms with van der Waals surface area (Å²) in [5.74, 6) is 0.151. The maximum atomic E-state index is 14.2. The zero-order valence-electron chi connectivity index (χ0n) is 17.0. The predicted molar refractivity (Wildman–Crippen MR) is 118 cm³/mol. The van der Waals surface area contributed by atoms with Crippen LogP contribution in [-0.2, 0) is 0 Å². The highest BCUT2D eigenvalue weighted by molar-refractivity contribution is 6.30. The van der Waals surface area contributed by atoms with Gasteiger partial charge in [-0.2, -0.15) is 0 Å². The number of nitrogens with zero attached hydrogens (tertiary/aromatic N) is 2. The molecule has 4 N–H and O–H groups in total. The number of hydrogen-bond donors (Lipinski definition) is 4. The van der Waals surface area contributed by atoms with Crippen molar-refractivity contribution in [2.24, 2.45) is 0 Å². The quantitative estimate of drug-likeness (QED) is 0.337. The summed E-state index contributed by atoms with van der Waals surface area (Å²) in [5.41, 5.74) is 0.996. The Morgan fingerprint density at radius 2 is 1.97 bits per heavy atom. The molecular formula is C22H20ClFN4O4. The van der Waals surface area contributed by atoms with Gasteiger partial charge in [-0.25, -0.2) is 14.2 Å². The number of H-pyrrole nitrogens is 2. The van der Waals surface area contributed by atoms with Gasteiger partial charge in [-0.15, -0.1) is 0 Å². The molecule has 0 spiro atoms. The molecule has 4 rings (SSSR count). The molecule has 0 amide bonds. The summed E-state index contributed by atoms with van der Waals surface area (Å²) >= 11 is 5.81. The molecule has 166 valence electrons. The van der Waals surface area contributed by atoms with E-state index in [0.29, 0.717) is 22.8 Å². The fourth-order valence-corrected chi connectivity index (χ4v) is 3.56. The minimum Gasteiger partial charge on any atom is -0.493 e. The number of hydrogen-bond acceptors (Lipinski definition) is 5. The van der Waals surface area contributed by atoms with Crippen molar-refractivity contribution < 1.29 is 19.3 Å². The molecule has 32 heavy (non-hydrogen) atoms. The van der Waals surface area contributed by atoms with Crippen molar-refractivity contribution in [3.63, 3.8) is 0 Å². The second-order valence-electron chi connectivity index (χ2n) is 7.08. The van der Waals surface area contributed by atoms with E-state index >= 15 is 0 Å². The van der Waals surface area contributed by atoms with Crippen LogP contribution in [0.1, 0.15) is 18.8 Å². The lowest BCUT2D eigenvalue weighted by molar-refractivity contribution is 0.201. The number of nitrogens with one attached hydrogen (secondary N) is 2. The number of aromatic nitrogens is 4. The number of aromatic amines is 2. The van der Waals surface area contributed by atoms with Crippen LogP contribution >= 0.6 is 11.6 Å². The van der Waals surface area contributed by atoms with Gasteiger partial charge in [-0.3, -0.25) is 4.57 Å². The van der Waals surface area contributed by atoms with Gasteiger partial charge in [0.15, 0.2) is 0 Å². The summed E-state index contributed by atoms with van der Waals surface area (Å²) in [6, 6.07) is 10.3. The van der Waals surface area contributed by atoms with E-state index in [1.807, 2.05) is 0 Å². The largest absolute Gasteiger partial charge is 0.493 e. The Bertz CT molecular complexity index is 1300. The number of benzene rings is 2. The Kier molecular flexibility index (Phi) is 6.02. The molecule has 0 saturated heterocycles. The average Bonchev–Trinajstić information content (AvgIpc) is 3.37.